The van der Waals surface area contributed by atoms with Gasteiger partial charge in [0.2, 0.25) is 0 Å². The Morgan fingerprint density at radius 2 is 1.88 bits per heavy atom. The van der Waals surface area contributed by atoms with E-state index in [4.69, 9.17) is 23.2 Å². The summed E-state index contributed by atoms with van der Waals surface area (Å²) in [6.07, 6.45) is 0. The standard InChI is InChI=1S/C13H13Cl2NS/c1-8-5-10(9(2)17-8)7-16-11-3-4-12(14)13(15)6-11/h3-6,16H,7H2,1-2H3. The van der Waals surface area contributed by atoms with Gasteiger partial charge in [0.25, 0.3) is 0 Å². The molecule has 0 unspecified atom stereocenters. The maximum Gasteiger partial charge on any atom is 0.0612 e. The summed E-state index contributed by atoms with van der Waals surface area (Å²) < 4.78 is 0. The van der Waals surface area contributed by atoms with Crippen LogP contribution in [0.2, 0.25) is 10.0 Å². The van der Waals surface area contributed by atoms with Crippen LogP contribution < -0.4 is 5.32 Å². The summed E-state index contributed by atoms with van der Waals surface area (Å²) in [4.78, 5) is 2.70. The SMILES string of the molecule is Cc1cc(CNc2ccc(Cl)c(Cl)c2)c(C)s1. The van der Waals surface area contributed by atoms with Crippen LogP contribution in [0.4, 0.5) is 5.69 Å². The monoisotopic (exact) mass is 285 g/mol. The van der Waals surface area contributed by atoms with Gasteiger partial charge in [0.1, 0.15) is 0 Å². The van der Waals surface area contributed by atoms with Crippen molar-refractivity contribution in [1.29, 1.82) is 0 Å². The van der Waals surface area contributed by atoms with Crippen molar-refractivity contribution in [1.82, 2.24) is 0 Å². The van der Waals surface area contributed by atoms with Gasteiger partial charge in [0.05, 0.1) is 10.0 Å². The van der Waals surface area contributed by atoms with Gasteiger partial charge in [-0.2, -0.15) is 0 Å². The van der Waals surface area contributed by atoms with Crippen molar-refractivity contribution in [3.05, 3.63) is 49.6 Å². The third-order valence-corrected chi connectivity index (χ3v) is 4.29. The summed E-state index contributed by atoms with van der Waals surface area (Å²) >= 11 is 13.7. The average Bonchev–Trinajstić information content (AvgIpc) is 2.59. The number of benzene rings is 1. The number of halogens is 2. The van der Waals surface area contributed by atoms with E-state index in [1.54, 1.807) is 6.07 Å². The minimum atomic E-state index is 0.579. The number of rotatable bonds is 3. The smallest absolute Gasteiger partial charge is 0.0612 e. The average molecular weight is 286 g/mol. The van der Waals surface area contributed by atoms with Crippen molar-refractivity contribution in [2.24, 2.45) is 0 Å². The van der Waals surface area contributed by atoms with Crippen LogP contribution in [0.5, 0.6) is 0 Å². The molecule has 0 saturated carbocycles. The summed E-state index contributed by atoms with van der Waals surface area (Å²) in [7, 11) is 0. The van der Waals surface area contributed by atoms with E-state index in [1.807, 2.05) is 23.5 Å². The number of hydrogen-bond donors (Lipinski definition) is 1. The Hall–Kier alpha value is -0.700. The van der Waals surface area contributed by atoms with Gasteiger partial charge in [-0.3, -0.25) is 0 Å². The molecule has 0 saturated heterocycles. The first-order valence-electron chi connectivity index (χ1n) is 5.31. The molecule has 0 bridgehead atoms. The van der Waals surface area contributed by atoms with E-state index in [1.165, 1.54) is 15.3 Å². The molecule has 1 heterocycles. The van der Waals surface area contributed by atoms with Gasteiger partial charge in [-0.25, -0.2) is 0 Å². The Kier molecular flexibility index (Phi) is 3.97. The van der Waals surface area contributed by atoms with Gasteiger partial charge in [-0.15, -0.1) is 11.3 Å². The minimum Gasteiger partial charge on any atom is -0.381 e. The summed E-state index contributed by atoms with van der Waals surface area (Å²) in [5.74, 6) is 0. The molecule has 0 atom stereocenters. The molecular weight excluding hydrogens is 273 g/mol. The Balaban J connectivity index is 2.07. The van der Waals surface area contributed by atoms with Gasteiger partial charge in [-0.1, -0.05) is 23.2 Å². The fourth-order valence-electron chi connectivity index (χ4n) is 1.66. The van der Waals surface area contributed by atoms with Crippen LogP contribution in [0.15, 0.2) is 24.3 Å². The maximum atomic E-state index is 5.96. The first-order valence-corrected chi connectivity index (χ1v) is 6.88. The van der Waals surface area contributed by atoms with Crippen molar-refractivity contribution in [3.63, 3.8) is 0 Å². The molecule has 17 heavy (non-hydrogen) atoms. The zero-order valence-electron chi connectivity index (χ0n) is 9.68. The number of nitrogens with one attached hydrogen (secondary N) is 1. The van der Waals surface area contributed by atoms with Gasteiger partial charge in [0.15, 0.2) is 0 Å². The van der Waals surface area contributed by atoms with Gasteiger partial charge < -0.3 is 5.32 Å². The van der Waals surface area contributed by atoms with Crippen LogP contribution in [-0.4, -0.2) is 0 Å². The molecule has 0 aliphatic heterocycles. The molecule has 0 aliphatic rings. The predicted molar refractivity (Wildman–Crippen MR) is 77.6 cm³/mol. The molecule has 2 rings (SSSR count). The highest BCUT2D eigenvalue weighted by molar-refractivity contribution is 7.12. The molecule has 0 amide bonds. The second kappa shape index (κ2) is 5.30. The maximum absolute atomic E-state index is 5.96. The van der Waals surface area contributed by atoms with E-state index in [-0.39, 0.29) is 0 Å². The summed E-state index contributed by atoms with van der Waals surface area (Å²) in [5, 5.41) is 4.51. The van der Waals surface area contributed by atoms with Gasteiger partial charge in [0, 0.05) is 22.0 Å². The highest BCUT2D eigenvalue weighted by Crippen LogP contribution is 2.26. The lowest BCUT2D eigenvalue weighted by molar-refractivity contribution is 1.14. The van der Waals surface area contributed by atoms with Crippen LogP contribution in [0.3, 0.4) is 0 Å². The fourth-order valence-corrected chi connectivity index (χ4v) is 2.91. The lowest BCUT2D eigenvalue weighted by atomic mass is 10.2. The number of thiophene rings is 1. The molecular formula is C13H13Cl2NS. The van der Waals surface area contributed by atoms with Crippen molar-refractivity contribution < 1.29 is 0 Å². The molecule has 0 fully saturated rings. The second-order valence-electron chi connectivity index (χ2n) is 3.92. The quantitative estimate of drug-likeness (QED) is 0.809. The topological polar surface area (TPSA) is 12.0 Å². The van der Waals surface area contributed by atoms with Crippen LogP contribution in [-0.2, 0) is 6.54 Å². The molecule has 0 spiro atoms. The minimum absolute atomic E-state index is 0.579. The van der Waals surface area contributed by atoms with Crippen LogP contribution in [0.25, 0.3) is 0 Å². The largest absolute Gasteiger partial charge is 0.381 e. The first kappa shape index (κ1) is 12.7. The van der Waals surface area contributed by atoms with Crippen molar-refractivity contribution >= 4 is 40.2 Å². The van der Waals surface area contributed by atoms with E-state index in [0.29, 0.717) is 10.0 Å². The van der Waals surface area contributed by atoms with E-state index >= 15 is 0 Å². The van der Waals surface area contributed by atoms with E-state index in [0.717, 1.165) is 12.2 Å². The molecule has 1 aromatic heterocycles. The second-order valence-corrected chi connectivity index (χ2v) is 6.20. The Morgan fingerprint density at radius 1 is 1.12 bits per heavy atom. The van der Waals surface area contributed by atoms with E-state index in [9.17, 15) is 0 Å². The molecule has 1 aromatic carbocycles. The van der Waals surface area contributed by atoms with Crippen LogP contribution >= 0.6 is 34.5 Å². The zero-order valence-corrected chi connectivity index (χ0v) is 12.0. The zero-order chi connectivity index (χ0) is 12.4. The van der Waals surface area contributed by atoms with Gasteiger partial charge >= 0.3 is 0 Å². The number of aryl methyl sites for hydroxylation is 2. The van der Waals surface area contributed by atoms with Crippen molar-refractivity contribution in [2.45, 2.75) is 20.4 Å². The van der Waals surface area contributed by atoms with Crippen LogP contribution in [0, 0.1) is 13.8 Å². The summed E-state index contributed by atoms with van der Waals surface area (Å²) in [6.45, 7) is 5.08. The number of anilines is 1. The van der Waals surface area contributed by atoms with E-state index < -0.39 is 0 Å². The van der Waals surface area contributed by atoms with Crippen LogP contribution in [0.1, 0.15) is 15.3 Å². The summed E-state index contributed by atoms with van der Waals surface area (Å²) in [5.41, 5.74) is 2.32. The molecule has 1 N–H and O–H groups in total. The van der Waals surface area contributed by atoms with Crippen molar-refractivity contribution in [2.75, 3.05) is 5.32 Å². The molecule has 2 aromatic rings. The van der Waals surface area contributed by atoms with Gasteiger partial charge in [-0.05, 0) is 43.7 Å². The summed E-state index contributed by atoms with van der Waals surface area (Å²) in [6, 6.07) is 7.80. The third kappa shape index (κ3) is 3.15. The highest BCUT2D eigenvalue weighted by Gasteiger charge is 2.03. The molecule has 90 valence electrons. The molecule has 0 radical (unpaired) electrons. The predicted octanol–water partition coefficient (Wildman–Crippen LogP) is 5.28. The first-order chi connectivity index (χ1) is 8.06. The Bertz CT molecular complexity index is 534. The molecule has 1 nitrogen and oxygen atoms in total. The molecule has 4 heteroatoms. The third-order valence-electron chi connectivity index (χ3n) is 2.55. The number of hydrogen-bond acceptors (Lipinski definition) is 2. The lowest BCUT2D eigenvalue weighted by Crippen LogP contribution is -1.99. The highest BCUT2D eigenvalue weighted by atomic mass is 35.5. The van der Waals surface area contributed by atoms with E-state index in [2.05, 4.69) is 25.2 Å². The Labute approximate surface area is 115 Å². The Morgan fingerprint density at radius 3 is 2.47 bits per heavy atom. The molecule has 0 aliphatic carbocycles. The normalized spacial score (nSPS) is 10.6. The van der Waals surface area contributed by atoms with Crippen molar-refractivity contribution in [3.8, 4) is 0 Å². The fraction of sp³-hybridized carbons (Fsp3) is 0.231. The lowest BCUT2D eigenvalue weighted by Gasteiger charge is -2.07.